The second-order valence-electron chi connectivity index (χ2n) is 8.73. The normalized spacial score (nSPS) is 12.1. The number of ether oxygens (including phenoxy) is 2. The molecule has 0 radical (unpaired) electrons. The summed E-state index contributed by atoms with van der Waals surface area (Å²) in [5, 5.41) is 0. The summed E-state index contributed by atoms with van der Waals surface area (Å²) in [5.74, 6) is -0.126. The Morgan fingerprint density at radius 2 is 1.13 bits per heavy atom. The van der Waals surface area contributed by atoms with Crippen LogP contribution in [-0.2, 0) is 22.9 Å². The van der Waals surface area contributed by atoms with Gasteiger partial charge in [0.05, 0.1) is 0 Å². The van der Waals surface area contributed by atoms with Crippen molar-refractivity contribution in [2.75, 3.05) is 0 Å². The van der Waals surface area contributed by atoms with E-state index in [0.29, 0.717) is 11.5 Å². The van der Waals surface area contributed by atoms with Crippen LogP contribution in [0.3, 0.4) is 0 Å². The number of hydrogen-bond donors (Lipinski definition) is 0. The summed E-state index contributed by atoms with van der Waals surface area (Å²) < 4.78 is 44.0. The van der Waals surface area contributed by atoms with E-state index in [1.165, 1.54) is 13.8 Å². The summed E-state index contributed by atoms with van der Waals surface area (Å²) in [6.07, 6.45) is 0. The molecule has 1 atom stereocenters. The summed E-state index contributed by atoms with van der Waals surface area (Å²) in [4.78, 5) is 22.9. The van der Waals surface area contributed by atoms with Crippen LogP contribution in [-0.4, -0.2) is 35.3 Å². The molecule has 4 aromatic carbocycles. The van der Waals surface area contributed by atoms with E-state index in [4.69, 9.17) is 12.6 Å². The van der Waals surface area contributed by atoms with E-state index in [0.717, 1.165) is 21.0 Å². The first-order chi connectivity index (χ1) is 18.6. The molecule has 0 N–H and O–H groups in total. The van der Waals surface area contributed by atoms with Crippen molar-refractivity contribution in [2.24, 2.45) is 0 Å². The molecule has 4 rings (SSSR count). The Morgan fingerprint density at radius 3 is 1.56 bits per heavy atom. The second-order valence-corrected chi connectivity index (χ2v) is 14.7. The van der Waals surface area contributed by atoms with Crippen LogP contribution in [0.5, 0.6) is 11.5 Å². The minimum absolute atomic E-state index is 0.0811. The van der Waals surface area contributed by atoms with Gasteiger partial charge in [-0.05, 0) is 0 Å². The third kappa shape index (κ3) is 7.45. The number of benzene rings is 4. The summed E-state index contributed by atoms with van der Waals surface area (Å²) in [6.45, 7) is 4.53. The Hall–Kier alpha value is -3.71. The molecule has 0 amide bonds. The van der Waals surface area contributed by atoms with Gasteiger partial charge in [0.25, 0.3) is 0 Å². The van der Waals surface area contributed by atoms with Gasteiger partial charge in [-0.3, -0.25) is 0 Å². The van der Waals surface area contributed by atoms with E-state index >= 15 is 0 Å². The number of carbonyl (C=O) groups is 2. The van der Waals surface area contributed by atoms with Crippen molar-refractivity contribution >= 4 is 41.4 Å². The van der Waals surface area contributed by atoms with Gasteiger partial charge in [-0.1, -0.05) is 0 Å². The first kappa shape index (κ1) is 28.3. The fourth-order valence-electron chi connectivity index (χ4n) is 3.90. The first-order valence-electron chi connectivity index (χ1n) is 12.0. The zero-order valence-electron chi connectivity index (χ0n) is 21.6. The van der Waals surface area contributed by atoms with Crippen molar-refractivity contribution in [1.29, 1.82) is 0 Å². The van der Waals surface area contributed by atoms with Crippen molar-refractivity contribution < 1.29 is 30.7 Å². The van der Waals surface area contributed by atoms with Crippen LogP contribution in [0, 0.1) is 6.92 Å². The molecule has 0 spiro atoms. The molecular weight excluding hydrogens is 579 g/mol. The number of hydrogen-bond acceptors (Lipinski definition) is 7. The number of carbonyl (C=O) groups excluding carboxylic acids is 2. The Labute approximate surface area is 233 Å². The van der Waals surface area contributed by atoms with Crippen LogP contribution in [0.2, 0.25) is 0 Å². The molecule has 0 fully saturated rings. The molecule has 0 saturated heterocycles. The van der Waals surface area contributed by atoms with Gasteiger partial charge in [-0.15, -0.1) is 0 Å². The average molecular weight is 607 g/mol. The summed E-state index contributed by atoms with van der Waals surface area (Å²) in [7, 11) is -4.11. The van der Waals surface area contributed by atoms with Crippen LogP contribution < -0.4 is 13.8 Å². The molecule has 9 heteroatoms. The average Bonchev–Trinajstić information content (AvgIpc) is 2.90. The zero-order chi connectivity index (χ0) is 28.0. The molecule has 0 aromatic heterocycles. The second kappa shape index (κ2) is 12.4. The molecule has 0 aliphatic heterocycles. The predicted octanol–water partition coefficient (Wildman–Crippen LogP) is 4.82. The van der Waals surface area contributed by atoms with Gasteiger partial charge in [-0.25, -0.2) is 0 Å². The third-order valence-electron chi connectivity index (χ3n) is 5.65. The molecule has 0 saturated carbocycles. The summed E-state index contributed by atoms with van der Waals surface area (Å²) in [5.41, 5.74) is 2.51. The van der Waals surface area contributed by atoms with Crippen LogP contribution in [0.1, 0.15) is 35.2 Å². The van der Waals surface area contributed by atoms with Crippen molar-refractivity contribution in [3.8, 4) is 11.5 Å². The van der Waals surface area contributed by atoms with E-state index in [1.54, 1.807) is 72.8 Å². The van der Waals surface area contributed by atoms with Gasteiger partial charge >= 0.3 is 234 Å². The summed E-state index contributed by atoms with van der Waals surface area (Å²) in [6, 6.07) is 29.7. The Morgan fingerprint density at radius 1 is 0.667 bits per heavy atom. The molecule has 200 valence electrons. The van der Waals surface area contributed by atoms with Crippen LogP contribution >= 0.6 is 0 Å². The van der Waals surface area contributed by atoms with E-state index in [1.807, 2.05) is 37.3 Å². The Kier molecular flexibility index (Phi) is 9.02. The first-order valence-corrected chi connectivity index (χ1v) is 16.2. The maximum atomic E-state index is 13.5. The van der Waals surface area contributed by atoms with E-state index in [-0.39, 0.29) is 4.90 Å². The third-order valence-corrected chi connectivity index (χ3v) is 13.0. The van der Waals surface area contributed by atoms with Crippen molar-refractivity contribution in [3.05, 3.63) is 120 Å². The van der Waals surface area contributed by atoms with Gasteiger partial charge in [0, 0.05) is 0 Å². The number of aryl methyl sites for hydroxylation is 1. The van der Waals surface area contributed by atoms with Gasteiger partial charge in [0.15, 0.2) is 0 Å². The monoisotopic (exact) mass is 606 g/mol. The molecule has 0 aliphatic carbocycles. The number of esters is 2. The van der Waals surface area contributed by atoms with Gasteiger partial charge in [-0.2, -0.15) is 0 Å². The topological polar surface area (TPSA) is 96.0 Å². The van der Waals surface area contributed by atoms with Crippen molar-refractivity contribution in [2.45, 2.75) is 30.4 Å². The summed E-state index contributed by atoms with van der Waals surface area (Å²) >= 11 is -2.95. The van der Waals surface area contributed by atoms with Crippen molar-refractivity contribution in [1.82, 2.24) is 0 Å². The molecule has 7 nitrogen and oxygen atoms in total. The molecular formula is C30H27AsO7S. The SMILES string of the molecule is CC(=O)Oc1ccc(C(c2ccc(OC(C)=O)cc2)[As](OS(=O)(=O)c2ccc(C)cc2)c2ccccc2)cc1. The fourth-order valence-corrected chi connectivity index (χ4v) is 11.3. The van der Waals surface area contributed by atoms with E-state index in [2.05, 4.69) is 0 Å². The maximum absolute atomic E-state index is 13.5. The molecule has 1 unspecified atom stereocenters. The zero-order valence-corrected chi connectivity index (χ0v) is 24.3. The van der Waals surface area contributed by atoms with Crippen LogP contribution in [0.4, 0.5) is 0 Å². The van der Waals surface area contributed by atoms with Gasteiger partial charge in [0.2, 0.25) is 0 Å². The molecule has 0 heterocycles. The Bertz CT molecular complexity index is 1470. The quantitative estimate of drug-likeness (QED) is 0.153. The van der Waals surface area contributed by atoms with Gasteiger partial charge in [0.1, 0.15) is 0 Å². The van der Waals surface area contributed by atoms with E-state index < -0.39 is 41.8 Å². The van der Waals surface area contributed by atoms with Gasteiger partial charge < -0.3 is 0 Å². The predicted molar refractivity (Wildman–Crippen MR) is 149 cm³/mol. The van der Waals surface area contributed by atoms with Crippen LogP contribution in [0.25, 0.3) is 0 Å². The van der Waals surface area contributed by atoms with Crippen molar-refractivity contribution in [3.63, 3.8) is 0 Å². The molecule has 0 bridgehead atoms. The van der Waals surface area contributed by atoms with Crippen LogP contribution in [0.15, 0.2) is 108 Å². The standard InChI is InChI=1S/C30H27AsO7S/c1-21-9-19-29(20-10-21)39(34,35)38-31(26-7-5-4-6-8-26)30(24-11-15-27(16-12-24)36-22(2)32)25-13-17-28(18-14-25)37-23(3)33/h4-20,30H,1-3H3. The number of rotatable bonds is 9. The minimum atomic E-state index is -4.11. The fraction of sp³-hybridized carbons (Fsp3) is 0.133. The molecule has 4 aromatic rings. The Balaban J connectivity index is 1.84. The molecule has 0 aliphatic rings. The molecule has 39 heavy (non-hydrogen) atoms. The van der Waals surface area contributed by atoms with E-state index in [9.17, 15) is 18.0 Å².